The summed E-state index contributed by atoms with van der Waals surface area (Å²) in [5, 5.41) is 3.18. The Morgan fingerprint density at radius 2 is 1.95 bits per heavy atom. The molecule has 0 aliphatic rings. The topological polar surface area (TPSA) is 63.8 Å². The van der Waals surface area contributed by atoms with Gasteiger partial charge in [0.1, 0.15) is 20.0 Å². The highest BCUT2D eigenvalue weighted by Gasteiger charge is 2.05. The smallest absolute Gasteiger partial charge is 0.156 e. The molecule has 106 valence electrons. The van der Waals surface area contributed by atoms with Crippen LogP contribution in [0.15, 0.2) is 54.9 Å². The van der Waals surface area contributed by atoms with Gasteiger partial charge in [-0.3, -0.25) is 0 Å². The molecular formula is C17H15BN4. The lowest BCUT2D eigenvalue weighted by molar-refractivity contribution is 1.17. The molecule has 0 amide bonds. The van der Waals surface area contributed by atoms with Crippen molar-refractivity contribution in [1.29, 1.82) is 0 Å². The first-order valence-corrected chi connectivity index (χ1v) is 6.90. The summed E-state index contributed by atoms with van der Waals surface area (Å²) < 4.78 is 7.33. The molecule has 3 rings (SSSR count). The van der Waals surface area contributed by atoms with Crippen LogP contribution in [0.5, 0.6) is 0 Å². The molecule has 22 heavy (non-hydrogen) atoms. The van der Waals surface area contributed by atoms with Crippen molar-refractivity contribution in [1.82, 2.24) is 9.97 Å². The molecule has 2 radical (unpaired) electrons. The van der Waals surface area contributed by atoms with Gasteiger partial charge < -0.3 is 11.0 Å². The second-order valence-corrected chi connectivity index (χ2v) is 5.03. The number of nitrogens with one attached hydrogen (secondary N) is 1. The highest BCUT2D eigenvalue weighted by Crippen LogP contribution is 2.21. The fourth-order valence-corrected chi connectivity index (χ4v) is 2.17. The summed E-state index contributed by atoms with van der Waals surface area (Å²) in [6, 6.07) is 15.4. The first kappa shape index (κ1) is 12.9. The molecule has 5 heteroatoms. The van der Waals surface area contributed by atoms with Crippen molar-refractivity contribution >= 4 is 30.5 Å². The van der Waals surface area contributed by atoms with Crippen molar-refractivity contribution in [3.05, 3.63) is 60.4 Å². The van der Waals surface area contributed by atoms with Crippen molar-refractivity contribution in [2.45, 2.75) is 6.92 Å². The van der Waals surface area contributed by atoms with E-state index < -0.39 is 0 Å². The molecule has 3 N–H and O–H groups in total. The van der Waals surface area contributed by atoms with E-state index in [9.17, 15) is 0 Å². The van der Waals surface area contributed by atoms with E-state index in [0.29, 0.717) is 22.7 Å². The molecular weight excluding hydrogens is 271 g/mol. The lowest BCUT2D eigenvalue weighted by Crippen LogP contribution is -2.12. The molecule has 0 aliphatic carbocycles. The van der Waals surface area contributed by atoms with Crippen molar-refractivity contribution in [2.75, 3.05) is 11.0 Å². The van der Waals surface area contributed by atoms with Crippen LogP contribution in [0.2, 0.25) is 1.41 Å². The Hall–Kier alpha value is -2.82. The maximum Gasteiger partial charge on any atom is 0.156 e. The molecule has 1 aromatic heterocycles. The summed E-state index contributed by atoms with van der Waals surface area (Å²) in [6.07, 6.45) is 1.51. The van der Waals surface area contributed by atoms with Gasteiger partial charge in [-0.15, -0.1) is 0 Å². The van der Waals surface area contributed by atoms with Gasteiger partial charge in [-0.2, -0.15) is 0 Å². The minimum absolute atomic E-state index is 0.598. The average molecular weight is 287 g/mol. The van der Waals surface area contributed by atoms with Crippen LogP contribution in [-0.2, 0) is 0 Å². The number of nitrogens with two attached hydrogens (primary N) is 1. The number of benzene rings is 2. The third-order valence-corrected chi connectivity index (χ3v) is 3.40. The third kappa shape index (κ3) is 2.93. The van der Waals surface area contributed by atoms with Crippen LogP contribution in [0, 0.1) is 6.92 Å². The summed E-state index contributed by atoms with van der Waals surface area (Å²) in [5.74, 6) is 0.644. The maximum atomic E-state index is 7.33. The van der Waals surface area contributed by atoms with Crippen LogP contribution in [-0.4, -0.2) is 17.8 Å². The molecule has 0 saturated heterocycles. The van der Waals surface area contributed by atoms with E-state index in [1.165, 1.54) is 6.33 Å². The normalized spacial score (nSPS) is 10.9. The fourth-order valence-electron chi connectivity index (χ4n) is 2.17. The third-order valence-electron chi connectivity index (χ3n) is 3.40. The first-order valence-electron chi connectivity index (χ1n) is 7.40. The monoisotopic (exact) mass is 287 g/mol. The van der Waals surface area contributed by atoms with Gasteiger partial charge >= 0.3 is 0 Å². The standard InChI is InChI=1S/C17H15BN4/c1-11-7-13(18)16(8-14(11)19)22-17-9-15(20-10-21-17)12-5-3-2-4-6-12/h2-10H,19H2,1H3,(H,20,21,22)/i/hD. The summed E-state index contributed by atoms with van der Waals surface area (Å²) >= 11 is 0. The largest absolute Gasteiger partial charge is 0.398 e. The quantitative estimate of drug-likeness (QED) is 0.572. The second kappa shape index (κ2) is 5.89. The molecule has 0 saturated carbocycles. The van der Waals surface area contributed by atoms with Crippen LogP contribution < -0.4 is 16.5 Å². The Labute approximate surface area is 132 Å². The SMILES string of the molecule is [2H]Nc1cc(Nc2cc(-c3ccccc3)ncn2)c([B])cc1C. The number of nitrogens with zero attached hydrogens (tertiary/aromatic N) is 2. The molecule has 0 atom stereocenters. The number of nitrogen functional groups attached to an aromatic ring is 1. The first-order chi connectivity index (χ1) is 11.2. The van der Waals surface area contributed by atoms with Gasteiger partial charge in [0.25, 0.3) is 0 Å². The fraction of sp³-hybridized carbons (Fsp3) is 0.0588. The molecule has 0 unspecified atom stereocenters. The van der Waals surface area contributed by atoms with Gasteiger partial charge in [0.05, 0.1) is 5.69 Å². The zero-order chi connectivity index (χ0) is 16.2. The van der Waals surface area contributed by atoms with Crippen molar-refractivity contribution in [3.63, 3.8) is 0 Å². The van der Waals surface area contributed by atoms with Gasteiger partial charge in [-0.1, -0.05) is 41.9 Å². The summed E-state index contributed by atoms with van der Waals surface area (Å²) in [7, 11) is 6.05. The van der Waals surface area contributed by atoms with Crippen molar-refractivity contribution < 1.29 is 1.41 Å². The Morgan fingerprint density at radius 1 is 1.14 bits per heavy atom. The van der Waals surface area contributed by atoms with E-state index in [1.54, 1.807) is 6.07 Å². The van der Waals surface area contributed by atoms with E-state index in [4.69, 9.17) is 9.26 Å². The summed E-state index contributed by atoms with van der Waals surface area (Å²) in [5.41, 5.74) is 7.15. The van der Waals surface area contributed by atoms with Crippen LogP contribution in [0.1, 0.15) is 5.56 Å². The van der Waals surface area contributed by atoms with E-state index in [1.807, 2.05) is 49.4 Å². The van der Waals surface area contributed by atoms with Crippen LogP contribution in [0.4, 0.5) is 17.2 Å². The molecule has 4 nitrogen and oxygen atoms in total. The van der Waals surface area contributed by atoms with E-state index >= 15 is 0 Å². The summed E-state index contributed by atoms with van der Waals surface area (Å²) in [4.78, 5) is 8.53. The molecule has 0 fully saturated rings. The Morgan fingerprint density at radius 3 is 2.73 bits per heavy atom. The predicted octanol–water partition coefficient (Wildman–Crippen LogP) is 2.57. The van der Waals surface area contributed by atoms with E-state index in [-0.39, 0.29) is 0 Å². The van der Waals surface area contributed by atoms with Crippen LogP contribution in [0.3, 0.4) is 0 Å². The van der Waals surface area contributed by atoms with Gasteiger partial charge in [0, 0.05) is 23.0 Å². The molecule has 0 bridgehead atoms. The number of anilines is 3. The van der Waals surface area contributed by atoms with Gasteiger partial charge in [-0.25, -0.2) is 9.97 Å². The minimum atomic E-state index is 0.598. The van der Waals surface area contributed by atoms with Gasteiger partial charge in [-0.05, 0) is 18.6 Å². The number of aryl methyl sites for hydroxylation is 1. The Balaban J connectivity index is 1.92. The highest BCUT2D eigenvalue weighted by atomic mass is 15.0. The highest BCUT2D eigenvalue weighted by molar-refractivity contribution is 6.36. The molecule has 3 aromatic rings. The van der Waals surface area contributed by atoms with Crippen molar-refractivity contribution in [2.24, 2.45) is 0 Å². The van der Waals surface area contributed by atoms with E-state index in [2.05, 4.69) is 21.0 Å². The predicted molar refractivity (Wildman–Crippen MR) is 91.7 cm³/mol. The maximum absolute atomic E-state index is 7.33. The number of hydrogen-bond donors (Lipinski definition) is 2. The molecule has 0 spiro atoms. The average Bonchev–Trinajstić information content (AvgIpc) is 2.58. The Bertz CT molecular complexity index is 824. The number of hydrogen-bond acceptors (Lipinski definition) is 4. The Kier molecular flexibility index (Phi) is 3.45. The minimum Gasteiger partial charge on any atom is -0.398 e. The number of rotatable bonds is 4. The lowest BCUT2D eigenvalue weighted by atomic mass is 9.91. The molecule has 0 aliphatic heterocycles. The molecule has 2 aromatic carbocycles. The van der Waals surface area contributed by atoms with Crippen LogP contribution in [0.25, 0.3) is 11.3 Å². The van der Waals surface area contributed by atoms with Crippen LogP contribution >= 0.6 is 0 Å². The van der Waals surface area contributed by atoms with Crippen molar-refractivity contribution in [3.8, 4) is 11.3 Å². The van der Waals surface area contributed by atoms with Gasteiger partial charge in [0.2, 0.25) is 0 Å². The zero-order valence-electron chi connectivity index (χ0n) is 13.2. The second-order valence-electron chi connectivity index (χ2n) is 5.03. The zero-order valence-corrected chi connectivity index (χ0v) is 12.2. The van der Waals surface area contributed by atoms with Gasteiger partial charge in [0.15, 0.2) is 1.41 Å². The molecule has 1 heterocycles. The van der Waals surface area contributed by atoms with E-state index in [0.717, 1.165) is 16.8 Å². The lowest BCUT2D eigenvalue weighted by Gasteiger charge is -2.12. The summed E-state index contributed by atoms with van der Waals surface area (Å²) in [6.45, 7) is 1.90. The number of aromatic nitrogens is 2.